The van der Waals surface area contributed by atoms with Gasteiger partial charge in [-0.2, -0.15) is 0 Å². The van der Waals surface area contributed by atoms with Crippen molar-refractivity contribution >= 4 is 16.7 Å². The highest BCUT2D eigenvalue weighted by atomic mass is 16.1. The molecule has 1 aliphatic rings. The second kappa shape index (κ2) is 4.57. The van der Waals surface area contributed by atoms with Crippen LogP contribution in [-0.2, 0) is 13.0 Å². The van der Waals surface area contributed by atoms with Crippen molar-refractivity contribution in [1.82, 2.24) is 9.47 Å². The highest BCUT2D eigenvalue weighted by Crippen LogP contribution is 2.29. The lowest BCUT2D eigenvalue weighted by molar-refractivity contribution is 0.104. The molecule has 3 rings (SSSR count). The summed E-state index contributed by atoms with van der Waals surface area (Å²) >= 11 is 0. The van der Waals surface area contributed by atoms with Crippen molar-refractivity contribution in [2.45, 2.75) is 19.4 Å². The van der Waals surface area contributed by atoms with Crippen LogP contribution in [0, 0.1) is 0 Å². The number of rotatable bonds is 3. The Labute approximate surface area is 113 Å². The standard InChI is InChI=1S/C16H18N2O/c1-17(2)10-8-15(19)14-11-18-9-4-6-12-5-3-7-13(14)16(12)18/h3,5,7-8,10-11H,4,6,9H2,1-2H3/b10-8+. The Morgan fingerprint density at radius 3 is 3.00 bits per heavy atom. The molecule has 1 aromatic heterocycles. The smallest absolute Gasteiger partial charge is 0.189 e. The van der Waals surface area contributed by atoms with Crippen LogP contribution in [0.15, 0.2) is 36.7 Å². The average molecular weight is 254 g/mol. The molecular formula is C16H18N2O. The fourth-order valence-electron chi connectivity index (χ4n) is 2.76. The lowest BCUT2D eigenvalue weighted by Gasteiger charge is -2.14. The Morgan fingerprint density at radius 1 is 1.37 bits per heavy atom. The second-order valence-corrected chi connectivity index (χ2v) is 5.30. The van der Waals surface area contributed by atoms with Gasteiger partial charge < -0.3 is 9.47 Å². The number of nitrogens with zero attached hydrogens (tertiary/aromatic N) is 2. The average Bonchev–Trinajstić information content (AvgIpc) is 2.78. The van der Waals surface area contributed by atoms with E-state index in [9.17, 15) is 4.79 Å². The van der Waals surface area contributed by atoms with E-state index in [4.69, 9.17) is 0 Å². The van der Waals surface area contributed by atoms with E-state index < -0.39 is 0 Å². The van der Waals surface area contributed by atoms with Crippen molar-refractivity contribution in [3.8, 4) is 0 Å². The number of aromatic nitrogens is 1. The first-order valence-electron chi connectivity index (χ1n) is 6.66. The van der Waals surface area contributed by atoms with Crippen molar-refractivity contribution in [3.63, 3.8) is 0 Å². The largest absolute Gasteiger partial charge is 0.383 e. The van der Waals surface area contributed by atoms with Crippen LogP contribution in [0.1, 0.15) is 22.3 Å². The third kappa shape index (κ3) is 2.05. The maximum atomic E-state index is 12.3. The van der Waals surface area contributed by atoms with E-state index in [2.05, 4.69) is 22.8 Å². The third-order valence-corrected chi connectivity index (χ3v) is 3.62. The third-order valence-electron chi connectivity index (χ3n) is 3.62. The van der Waals surface area contributed by atoms with Crippen LogP contribution in [0.5, 0.6) is 0 Å². The highest BCUT2D eigenvalue weighted by Gasteiger charge is 2.18. The summed E-state index contributed by atoms with van der Waals surface area (Å²) in [6.07, 6.45) is 7.72. The van der Waals surface area contributed by atoms with Gasteiger partial charge in [-0.1, -0.05) is 18.2 Å². The Morgan fingerprint density at radius 2 is 2.21 bits per heavy atom. The van der Waals surface area contributed by atoms with Crippen LogP contribution in [-0.4, -0.2) is 29.3 Å². The number of ketones is 1. The van der Waals surface area contributed by atoms with Crippen molar-refractivity contribution in [3.05, 3.63) is 47.8 Å². The summed E-state index contributed by atoms with van der Waals surface area (Å²) in [6.45, 7) is 1.01. The van der Waals surface area contributed by atoms with Gasteiger partial charge in [0.05, 0.1) is 5.52 Å². The van der Waals surface area contributed by atoms with Gasteiger partial charge in [0.1, 0.15) is 0 Å². The summed E-state index contributed by atoms with van der Waals surface area (Å²) in [4.78, 5) is 14.2. The number of hydrogen-bond donors (Lipinski definition) is 0. The molecule has 2 heterocycles. The molecule has 0 unspecified atom stereocenters. The van der Waals surface area contributed by atoms with Gasteiger partial charge in [0.25, 0.3) is 0 Å². The highest BCUT2D eigenvalue weighted by molar-refractivity contribution is 6.13. The maximum Gasteiger partial charge on any atom is 0.189 e. The van der Waals surface area contributed by atoms with Gasteiger partial charge in [0.2, 0.25) is 0 Å². The molecule has 19 heavy (non-hydrogen) atoms. The van der Waals surface area contributed by atoms with Gasteiger partial charge in [-0.05, 0) is 18.4 Å². The van der Waals surface area contributed by atoms with Gasteiger partial charge in [0, 0.05) is 50.1 Å². The molecule has 0 radical (unpaired) electrons. The van der Waals surface area contributed by atoms with Crippen LogP contribution in [0.2, 0.25) is 0 Å². The number of hydrogen-bond acceptors (Lipinski definition) is 2. The minimum absolute atomic E-state index is 0.0801. The molecule has 0 saturated carbocycles. The number of para-hydroxylation sites is 1. The molecule has 2 aromatic rings. The van der Waals surface area contributed by atoms with Crippen LogP contribution in [0.3, 0.4) is 0 Å². The molecule has 98 valence electrons. The van der Waals surface area contributed by atoms with E-state index in [1.54, 1.807) is 12.3 Å². The summed E-state index contributed by atoms with van der Waals surface area (Å²) in [5, 5.41) is 1.09. The first-order valence-corrected chi connectivity index (χ1v) is 6.66. The van der Waals surface area contributed by atoms with E-state index >= 15 is 0 Å². The number of benzene rings is 1. The summed E-state index contributed by atoms with van der Waals surface area (Å²) in [7, 11) is 3.83. The molecule has 0 amide bonds. The first-order chi connectivity index (χ1) is 9.16. The van der Waals surface area contributed by atoms with Gasteiger partial charge in [0.15, 0.2) is 5.78 Å². The molecule has 0 fully saturated rings. The van der Waals surface area contributed by atoms with Crippen LogP contribution in [0.25, 0.3) is 10.9 Å². The summed E-state index contributed by atoms with van der Waals surface area (Å²) < 4.78 is 2.23. The number of allylic oxidation sites excluding steroid dienone is 1. The van der Waals surface area contributed by atoms with Crippen LogP contribution < -0.4 is 0 Å². The molecular weight excluding hydrogens is 236 g/mol. The van der Waals surface area contributed by atoms with E-state index in [1.165, 1.54) is 11.1 Å². The SMILES string of the molecule is CN(C)/C=C/C(=O)c1cn2c3c(cccc13)CCC2. The molecule has 0 N–H and O–H groups in total. The predicted molar refractivity (Wildman–Crippen MR) is 77.4 cm³/mol. The molecule has 0 spiro atoms. The fourth-order valence-corrected chi connectivity index (χ4v) is 2.76. The minimum Gasteiger partial charge on any atom is -0.383 e. The van der Waals surface area contributed by atoms with Gasteiger partial charge in [-0.3, -0.25) is 4.79 Å². The number of aryl methyl sites for hydroxylation is 2. The number of carbonyl (C=O) groups excluding carboxylic acids is 1. The molecule has 1 aliphatic heterocycles. The number of carbonyl (C=O) groups is 1. The molecule has 1 aromatic carbocycles. The van der Waals surface area contributed by atoms with Gasteiger partial charge >= 0.3 is 0 Å². The maximum absolute atomic E-state index is 12.3. The van der Waals surface area contributed by atoms with Crippen molar-refractivity contribution in [1.29, 1.82) is 0 Å². The molecule has 3 heteroatoms. The predicted octanol–water partition coefficient (Wildman–Crippen LogP) is 2.85. The Balaban J connectivity index is 2.11. The normalized spacial score (nSPS) is 14.2. The topological polar surface area (TPSA) is 25.2 Å². The minimum atomic E-state index is 0.0801. The van der Waals surface area contributed by atoms with E-state index in [-0.39, 0.29) is 5.78 Å². The molecule has 0 bridgehead atoms. The van der Waals surface area contributed by atoms with E-state index in [0.29, 0.717) is 0 Å². The zero-order valence-electron chi connectivity index (χ0n) is 11.4. The zero-order chi connectivity index (χ0) is 13.4. The zero-order valence-corrected chi connectivity index (χ0v) is 11.4. The Bertz CT molecular complexity index is 665. The van der Waals surface area contributed by atoms with Gasteiger partial charge in [-0.15, -0.1) is 0 Å². The summed E-state index contributed by atoms with van der Waals surface area (Å²) in [5.74, 6) is 0.0801. The Kier molecular flexibility index (Phi) is 2.90. The Hall–Kier alpha value is -2.03. The lowest BCUT2D eigenvalue weighted by atomic mass is 10.0. The van der Waals surface area contributed by atoms with Crippen molar-refractivity contribution < 1.29 is 4.79 Å². The van der Waals surface area contributed by atoms with Crippen LogP contribution >= 0.6 is 0 Å². The fraction of sp³-hybridized carbons (Fsp3) is 0.312. The first kappa shape index (κ1) is 12.0. The quantitative estimate of drug-likeness (QED) is 0.621. The molecule has 0 atom stereocenters. The molecule has 3 nitrogen and oxygen atoms in total. The van der Waals surface area contributed by atoms with Crippen molar-refractivity contribution in [2.24, 2.45) is 0 Å². The van der Waals surface area contributed by atoms with E-state index in [1.807, 2.05) is 25.2 Å². The monoisotopic (exact) mass is 254 g/mol. The van der Waals surface area contributed by atoms with Gasteiger partial charge in [-0.25, -0.2) is 0 Å². The molecule has 0 aliphatic carbocycles. The molecule has 0 saturated heterocycles. The van der Waals surface area contributed by atoms with Crippen LogP contribution in [0.4, 0.5) is 0 Å². The summed E-state index contributed by atoms with van der Waals surface area (Å²) in [5.41, 5.74) is 3.42. The van der Waals surface area contributed by atoms with E-state index in [0.717, 1.165) is 30.3 Å². The van der Waals surface area contributed by atoms with Crippen molar-refractivity contribution in [2.75, 3.05) is 14.1 Å². The summed E-state index contributed by atoms with van der Waals surface area (Å²) in [6, 6.07) is 6.28. The lowest BCUT2D eigenvalue weighted by Crippen LogP contribution is -2.05. The second-order valence-electron chi connectivity index (χ2n) is 5.30.